The molecule has 43 heavy (non-hydrogen) atoms. The number of rotatable bonds is 10. The smallest absolute Gasteiger partial charge is 0.408 e. The molecule has 0 radical (unpaired) electrons. The van der Waals surface area contributed by atoms with E-state index in [2.05, 4.69) is 36.0 Å². The standard InChI is InChI=1S/C32H49N5O6/c1-19(2)24(35-29(42)43-21-10-14-36(5)15-11-21)28(41)37-18-32(30(3,4)31(32)12-7-13-31)17-23(37)27(40)34-22(25(38)26(33)39)16-20-8-6-9-20/h20-24H,1,6-18H2,2-5H3,(H2,33,39)(H,34,40)(H,35,42)/t22?,23-,24-,32+/m0/s1. The number of piperidine rings is 1. The molecule has 4 N–H and O–H groups in total. The fourth-order valence-corrected chi connectivity index (χ4v) is 8.76. The summed E-state index contributed by atoms with van der Waals surface area (Å²) in [5, 5.41) is 5.56. The monoisotopic (exact) mass is 599 g/mol. The molecular formula is C32H49N5O6. The number of hydrogen-bond donors (Lipinski definition) is 3. The number of Topliss-reactive ketones (excluding diaryl/α,β-unsaturated/α-hetero) is 1. The van der Waals surface area contributed by atoms with Crippen molar-refractivity contribution in [1.29, 1.82) is 0 Å². The van der Waals surface area contributed by atoms with E-state index in [1.165, 1.54) is 0 Å². The lowest BCUT2D eigenvalue weighted by Gasteiger charge is -2.33. The summed E-state index contributed by atoms with van der Waals surface area (Å²) in [7, 11) is 2.02. The first-order valence-corrected chi connectivity index (χ1v) is 16.0. The highest BCUT2D eigenvalue weighted by atomic mass is 16.6. The number of ketones is 1. The summed E-state index contributed by atoms with van der Waals surface area (Å²) in [6.45, 7) is 12.1. The number of nitrogens with zero attached hydrogens (tertiary/aromatic N) is 2. The number of carbonyl (C=O) groups is 5. The van der Waals surface area contributed by atoms with E-state index in [4.69, 9.17) is 10.5 Å². The summed E-state index contributed by atoms with van der Waals surface area (Å²) in [6, 6.07) is -2.94. The van der Waals surface area contributed by atoms with Crippen LogP contribution in [0.4, 0.5) is 4.79 Å². The Bertz CT molecular complexity index is 1180. The average molecular weight is 600 g/mol. The topological polar surface area (TPSA) is 151 Å². The van der Waals surface area contributed by atoms with Crippen LogP contribution in [0.5, 0.6) is 0 Å². The van der Waals surface area contributed by atoms with E-state index >= 15 is 0 Å². The molecule has 3 saturated carbocycles. The molecule has 2 spiro atoms. The van der Waals surface area contributed by atoms with Gasteiger partial charge in [0.25, 0.3) is 5.91 Å². The minimum absolute atomic E-state index is 0.0567. The second-order valence-corrected chi connectivity index (χ2v) is 14.5. The Hall–Kier alpha value is -2.95. The van der Waals surface area contributed by atoms with Gasteiger partial charge < -0.3 is 30.9 Å². The van der Waals surface area contributed by atoms with Gasteiger partial charge in [0.05, 0.1) is 6.04 Å². The fraction of sp³-hybridized carbons (Fsp3) is 0.781. The van der Waals surface area contributed by atoms with Gasteiger partial charge >= 0.3 is 6.09 Å². The molecule has 5 rings (SSSR count). The van der Waals surface area contributed by atoms with Crippen LogP contribution in [0.15, 0.2) is 12.2 Å². The van der Waals surface area contributed by atoms with Gasteiger partial charge in [0.2, 0.25) is 17.6 Å². The summed E-state index contributed by atoms with van der Waals surface area (Å²) in [4.78, 5) is 69.5. The van der Waals surface area contributed by atoms with Crippen LogP contribution < -0.4 is 16.4 Å². The summed E-state index contributed by atoms with van der Waals surface area (Å²) in [6.07, 6.45) is 7.48. The van der Waals surface area contributed by atoms with Crippen LogP contribution in [-0.4, -0.2) is 90.3 Å². The van der Waals surface area contributed by atoms with Crippen molar-refractivity contribution in [1.82, 2.24) is 20.4 Å². The van der Waals surface area contributed by atoms with Crippen molar-refractivity contribution >= 4 is 29.6 Å². The van der Waals surface area contributed by atoms with E-state index in [0.717, 1.165) is 64.5 Å². The average Bonchev–Trinajstić information content (AvgIpc) is 3.13. The molecule has 3 aliphatic carbocycles. The van der Waals surface area contributed by atoms with Crippen molar-refractivity contribution in [3.63, 3.8) is 0 Å². The van der Waals surface area contributed by atoms with Gasteiger partial charge in [0, 0.05) is 25.0 Å². The Kier molecular flexibility index (Phi) is 8.43. The number of hydrogen-bond acceptors (Lipinski definition) is 7. The van der Waals surface area contributed by atoms with Crippen LogP contribution in [0.25, 0.3) is 0 Å². The molecule has 2 saturated heterocycles. The zero-order valence-corrected chi connectivity index (χ0v) is 26.2. The van der Waals surface area contributed by atoms with Crippen molar-refractivity contribution in [2.24, 2.45) is 27.9 Å². The lowest BCUT2D eigenvalue weighted by atomic mass is 9.73. The first kappa shape index (κ1) is 31.5. The van der Waals surface area contributed by atoms with Gasteiger partial charge in [-0.25, -0.2) is 4.79 Å². The first-order valence-electron chi connectivity index (χ1n) is 16.0. The number of likely N-dealkylation sites (tertiary alicyclic amines) is 2. The van der Waals surface area contributed by atoms with Crippen LogP contribution in [0.3, 0.4) is 0 Å². The summed E-state index contributed by atoms with van der Waals surface area (Å²) in [5.41, 5.74) is 5.53. The van der Waals surface area contributed by atoms with Crippen molar-refractivity contribution in [2.75, 3.05) is 26.7 Å². The highest BCUT2D eigenvalue weighted by molar-refractivity contribution is 6.37. The van der Waals surface area contributed by atoms with Crippen molar-refractivity contribution in [2.45, 2.75) is 109 Å². The number of carbonyl (C=O) groups excluding carboxylic acids is 5. The van der Waals surface area contributed by atoms with Gasteiger partial charge in [0.1, 0.15) is 18.2 Å². The molecule has 0 aromatic rings. The summed E-state index contributed by atoms with van der Waals surface area (Å²) >= 11 is 0. The summed E-state index contributed by atoms with van der Waals surface area (Å²) in [5.74, 6) is -2.53. The number of fused-ring (bicyclic) bond motifs is 1. The molecule has 238 valence electrons. The van der Waals surface area contributed by atoms with Crippen LogP contribution in [0, 0.1) is 22.2 Å². The largest absolute Gasteiger partial charge is 0.446 e. The van der Waals surface area contributed by atoms with Gasteiger partial charge in [-0.2, -0.15) is 0 Å². The Morgan fingerprint density at radius 3 is 2.14 bits per heavy atom. The number of primary amides is 1. The molecule has 5 fully saturated rings. The van der Waals surface area contributed by atoms with Gasteiger partial charge in [-0.1, -0.05) is 46.1 Å². The molecule has 4 atom stereocenters. The minimum Gasteiger partial charge on any atom is -0.446 e. The molecule has 0 aromatic heterocycles. The number of amides is 4. The molecule has 1 unspecified atom stereocenters. The Labute approximate surface area is 254 Å². The van der Waals surface area contributed by atoms with Gasteiger partial charge in [0.15, 0.2) is 0 Å². The maximum Gasteiger partial charge on any atom is 0.408 e. The second kappa shape index (κ2) is 11.5. The van der Waals surface area contributed by atoms with E-state index in [-0.39, 0.29) is 28.3 Å². The molecular weight excluding hydrogens is 550 g/mol. The Morgan fingerprint density at radius 2 is 1.65 bits per heavy atom. The zero-order valence-electron chi connectivity index (χ0n) is 26.2. The maximum absolute atomic E-state index is 14.2. The van der Waals surface area contributed by atoms with Crippen LogP contribution >= 0.6 is 0 Å². The predicted octanol–water partition coefficient (Wildman–Crippen LogP) is 2.28. The molecule has 2 heterocycles. The number of nitrogens with one attached hydrogen (secondary N) is 2. The highest BCUT2D eigenvalue weighted by Crippen LogP contribution is 2.88. The lowest BCUT2D eigenvalue weighted by Crippen LogP contribution is -2.56. The fourth-order valence-electron chi connectivity index (χ4n) is 8.76. The molecule has 11 nitrogen and oxygen atoms in total. The predicted molar refractivity (Wildman–Crippen MR) is 159 cm³/mol. The molecule has 0 aromatic carbocycles. The third-order valence-electron chi connectivity index (χ3n) is 12.0. The van der Waals surface area contributed by atoms with Crippen molar-refractivity contribution in [3.8, 4) is 0 Å². The number of nitrogens with two attached hydrogens (primary N) is 1. The van der Waals surface area contributed by atoms with Gasteiger partial charge in [-0.05, 0) is 74.8 Å². The maximum atomic E-state index is 14.2. The zero-order chi connectivity index (χ0) is 31.3. The van der Waals surface area contributed by atoms with E-state index < -0.39 is 47.7 Å². The van der Waals surface area contributed by atoms with Crippen LogP contribution in [0.2, 0.25) is 0 Å². The lowest BCUT2D eigenvalue weighted by molar-refractivity contribution is -0.142. The Balaban J connectivity index is 1.36. The number of ether oxygens (including phenoxy) is 1. The van der Waals surface area contributed by atoms with Crippen LogP contribution in [-0.2, 0) is 23.9 Å². The highest BCUT2D eigenvalue weighted by Gasteiger charge is 2.85. The Morgan fingerprint density at radius 1 is 1.00 bits per heavy atom. The molecule has 0 bridgehead atoms. The van der Waals surface area contributed by atoms with Crippen molar-refractivity contribution < 1.29 is 28.7 Å². The second-order valence-electron chi connectivity index (χ2n) is 14.5. The van der Waals surface area contributed by atoms with E-state index in [0.29, 0.717) is 25.0 Å². The normalized spacial score (nSPS) is 29.2. The summed E-state index contributed by atoms with van der Waals surface area (Å²) < 4.78 is 5.66. The SMILES string of the molecule is C=C(C)[C@H](NC(=O)OC1CCN(C)CC1)C(=O)N1C[C@]2(C[C@H]1C(=O)NC(CC1CCC1)C(=O)C(N)=O)C(C)(C)C21CCC1. The van der Waals surface area contributed by atoms with Gasteiger partial charge in [-0.15, -0.1) is 0 Å². The third-order valence-corrected chi connectivity index (χ3v) is 12.0. The quantitative estimate of drug-likeness (QED) is 0.257. The van der Waals surface area contributed by atoms with E-state index in [1.54, 1.807) is 11.8 Å². The van der Waals surface area contributed by atoms with E-state index in [9.17, 15) is 24.0 Å². The molecule has 2 aliphatic heterocycles. The molecule has 5 aliphatic rings. The first-order chi connectivity index (χ1) is 20.2. The molecule has 11 heteroatoms. The molecule has 4 amide bonds. The third kappa shape index (κ3) is 5.36. The van der Waals surface area contributed by atoms with Crippen molar-refractivity contribution in [3.05, 3.63) is 12.2 Å². The van der Waals surface area contributed by atoms with Gasteiger partial charge in [-0.3, -0.25) is 19.2 Å². The minimum atomic E-state index is -1.08. The van der Waals surface area contributed by atoms with Crippen LogP contribution in [0.1, 0.15) is 85.0 Å². The number of alkyl carbamates (subject to hydrolysis) is 1. The van der Waals surface area contributed by atoms with E-state index in [1.807, 2.05) is 7.05 Å².